The number of nitrogens with zero attached hydrogens (tertiary/aromatic N) is 3. The van der Waals surface area contributed by atoms with Crippen LogP contribution >= 0.6 is 0 Å². The summed E-state index contributed by atoms with van der Waals surface area (Å²) in [5.74, 6) is -0.0826. The van der Waals surface area contributed by atoms with Gasteiger partial charge in [0, 0.05) is 50.1 Å². The quantitative estimate of drug-likeness (QED) is 0.672. The van der Waals surface area contributed by atoms with Gasteiger partial charge in [-0.25, -0.2) is 8.42 Å². The van der Waals surface area contributed by atoms with E-state index in [0.717, 1.165) is 51.9 Å². The summed E-state index contributed by atoms with van der Waals surface area (Å²) in [6.45, 7) is 6.38. The van der Waals surface area contributed by atoms with Crippen molar-refractivity contribution >= 4 is 27.3 Å². The Morgan fingerprint density at radius 3 is 2.30 bits per heavy atom. The van der Waals surface area contributed by atoms with Gasteiger partial charge in [-0.05, 0) is 55.7 Å². The third kappa shape index (κ3) is 5.75. The van der Waals surface area contributed by atoms with Crippen LogP contribution in [0.25, 0.3) is 0 Å². The number of para-hydroxylation sites is 1. The molecule has 2 fully saturated rings. The Balaban J connectivity index is 1.29. The zero-order chi connectivity index (χ0) is 23.3. The number of piperidine rings is 1. The van der Waals surface area contributed by atoms with Gasteiger partial charge in [-0.3, -0.25) is 9.69 Å². The number of sulfonamides is 1. The number of carbonyl (C=O) groups excluding carboxylic acids is 1. The predicted octanol–water partition coefficient (Wildman–Crippen LogP) is 3.40. The lowest BCUT2D eigenvalue weighted by Gasteiger charge is -2.35. The SMILES string of the molecule is CCC1CCCCN1S(=O)(=O)c1ccc(NC(=O)CN2CCN(c3ccccc3)CC2)cc1. The second kappa shape index (κ2) is 10.7. The Morgan fingerprint density at radius 1 is 0.939 bits per heavy atom. The van der Waals surface area contributed by atoms with Gasteiger partial charge in [0.15, 0.2) is 0 Å². The maximum atomic E-state index is 13.1. The molecular weight excluding hydrogens is 436 g/mol. The van der Waals surface area contributed by atoms with Crippen molar-refractivity contribution in [1.29, 1.82) is 0 Å². The summed E-state index contributed by atoms with van der Waals surface area (Å²) in [7, 11) is -3.51. The van der Waals surface area contributed by atoms with E-state index >= 15 is 0 Å². The molecule has 2 aliphatic rings. The maximum absolute atomic E-state index is 13.1. The molecule has 2 aromatic rings. The van der Waals surface area contributed by atoms with Crippen molar-refractivity contribution in [1.82, 2.24) is 9.21 Å². The molecule has 8 heteroatoms. The van der Waals surface area contributed by atoms with Crippen LogP contribution in [-0.2, 0) is 14.8 Å². The number of nitrogens with one attached hydrogen (secondary N) is 1. The normalized spacial score (nSPS) is 20.5. The number of carbonyl (C=O) groups is 1. The number of amides is 1. The summed E-state index contributed by atoms with van der Waals surface area (Å²) < 4.78 is 27.9. The summed E-state index contributed by atoms with van der Waals surface area (Å²) in [4.78, 5) is 17.3. The Labute approximate surface area is 197 Å². The molecule has 1 unspecified atom stereocenters. The Hall–Kier alpha value is -2.42. The lowest BCUT2D eigenvalue weighted by atomic mass is 10.0. The second-order valence-electron chi connectivity index (χ2n) is 8.84. The van der Waals surface area contributed by atoms with Gasteiger partial charge < -0.3 is 10.2 Å². The molecule has 2 heterocycles. The molecule has 33 heavy (non-hydrogen) atoms. The van der Waals surface area contributed by atoms with Crippen molar-refractivity contribution in [3.05, 3.63) is 54.6 Å². The minimum atomic E-state index is -3.51. The van der Waals surface area contributed by atoms with Gasteiger partial charge in [-0.2, -0.15) is 4.31 Å². The Bertz CT molecular complexity index is 1020. The van der Waals surface area contributed by atoms with Crippen LogP contribution in [0, 0.1) is 0 Å². The first kappa shape index (κ1) is 23.7. The molecule has 1 N–H and O–H groups in total. The van der Waals surface area contributed by atoms with E-state index in [4.69, 9.17) is 0 Å². The third-order valence-electron chi connectivity index (χ3n) is 6.65. The molecule has 0 aromatic heterocycles. The average Bonchev–Trinajstić information content (AvgIpc) is 2.85. The van der Waals surface area contributed by atoms with E-state index in [1.165, 1.54) is 5.69 Å². The summed E-state index contributed by atoms with van der Waals surface area (Å²) >= 11 is 0. The van der Waals surface area contributed by atoms with Crippen molar-refractivity contribution < 1.29 is 13.2 Å². The maximum Gasteiger partial charge on any atom is 0.243 e. The van der Waals surface area contributed by atoms with Crippen molar-refractivity contribution in [2.45, 2.75) is 43.5 Å². The number of hydrogen-bond acceptors (Lipinski definition) is 5. The van der Waals surface area contributed by atoms with Crippen molar-refractivity contribution in [2.75, 3.05) is 49.5 Å². The van der Waals surface area contributed by atoms with Crippen molar-refractivity contribution in [3.63, 3.8) is 0 Å². The average molecular weight is 471 g/mol. The van der Waals surface area contributed by atoms with E-state index in [0.29, 0.717) is 18.8 Å². The lowest BCUT2D eigenvalue weighted by Crippen LogP contribution is -2.48. The first-order chi connectivity index (χ1) is 16.0. The molecule has 7 nitrogen and oxygen atoms in total. The zero-order valence-corrected chi connectivity index (χ0v) is 20.1. The van der Waals surface area contributed by atoms with E-state index in [-0.39, 0.29) is 16.8 Å². The van der Waals surface area contributed by atoms with Gasteiger partial charge >= 0.3 is 0 Å². The van der Waals surface area contributed by atoms with Crippen LogP contribution in [0.2, 0.25) is 0 Å². The zero-order valence-electron chi connectivity index (χ0n) is 19.3. The Kier molecular flexibility index (Phi) is 7.67. The van der Waals surface area contributed by atoms with Crippen molar-refractivity contribution in [2.24, 2.45) is 0 Å². The Morgan fingerprint density at radius 2 is 1.64 bits per heavy atom. The molecule has 2 aromatic carbocycles. The first-order valence-electron chi connectivity index (χ1n) is 11.9. The second-order valence-corrected chi connectivity index (χ2v) is 10.7. The van der Waals surface area contributed by atoms with Gasteiger partial charge in [0.05, 0.1) is 11.4 Å². The topological polar surface area (TPSA) is 73.0 Å². The molecule has 0 saturated carbocycles. The molecule has 2 aliphatic heterocycles. The van der Waals surface area contributed by atoms with E-state index in [1.807, 2.05) is 25.1 Å². The summed E-state index contributed by atoms with van der Waals surface area (Å²) in [5.41, 5.74) is 1.83. The smallest absolute Gasteiger partial charge is 0.243 e. The molecule has 4 rings (SSSR count). The standard InChI is InChI=1S/C25H34N4O3S/c1-2-22-8-6-7-15-29(22)33(31,32)24-13-11-21(12-14-24)26-25(30)20-27-16-18-28(19-17-27)23-9-4-3-5-10-23/h3-5,9-14,22H,2,6-8,15-20H2,1H3,(H,26,30). The predicted molar refractivity (Wildman–Crippen MR) is 132 cm³/mol. The third-order valence-corrected chi connectivity index (χ3v) is 8.62. The first-order valence-corrected chi connectivity index (χ1v) is 13.4. The van der Waals surface area contributed by atoms with Gasteiger partial charge in [0.1, 0.15) is 0 Å². The number of piperazine rings is 1. The summed E-state index contributed by atoms with van der Waals surface area (Å²) in [6.07, 6.45) is 3.73. The van der Waals surface area contributed by atoms with Gasteiger partial charge in [0.25, 0.3) is 0 Å². The molecule has 0 bridgehead atoms. The highest BCUT2D eigenvalue weighted by atomic mass is 32.2. The van der Waals surface area contributed by atoms with E-state index < -0.39 is 10.0 Å². The van der Waals surface area contributed by atoms with Crippen LogP contribution in [0.1, 0.15) is 32.6 Å². The fourth-order valence-corrected chi connectivity index (χ4v) is 6.52. The molecule has 1 atom stereocenters. The van der Waals surface area contributed by atoms with Crippen molar-refractivity contribution in [3.8, 4) is 0 Å². The fraction of sp³-hybridized carbons (Fsp3) is 0.480. The summed E-state index contributed by atoms with van der Waals surface area (Å²) in [5, 5.41) is 2.91. The molecule has 0 spiro atoms. The molecular formula is C25H34N4O3S. The fourth-order valence-electron chi connectivity index (χ4n) is 4.75. The number of anilines is 2. The van der Waals surface area contributed by atoms with Crippen LogP contribution in [-0.4, -0.2) is 68.8 Å². The van der Waals surface area contributed by atoms with E-state index in [9.17, 15) is 13.2 Å². The highest BCUT2D eigenvalue weighted by molar-refractivity contribution is 7.89. The molecule has 1 amide bonds. The monoisotopic (exact) mass is 470 g/mol. The summed E-state index contributed by atoms with van der Waals surface area (Å²) in [6, 6.07) is 17.0. The van der Waals surface area contributed by atoms with E-state index in [1.54, 1.807) is 28.6 Å². The van der Waals surface area contributed by atoms with Crippen LogP contribution in [0.4, 0.5) is 11.4 Å². The lowest BCUT2D eigenvalue weighted by molar-refractivity contribution is -0.117. The van der Waals surface area contributed by atoms with Crippen LogP contribution < -0.4 is 10.2 Å². The number of rotatable bonds is 7. The van der Waals surface area contributed by atoms with E-state index in [2.05, 4.69) is 27.2 Å². The van der Waals surface area contributed by atoms with Gasteiger partial charge in [-0.15, -0.1) is 0 Å². The van der Waals surface area contributed by atoms with Crippen LogP contribution in [0.5, 0.6) is 0 Å². The number of benzene rings is 2. The minimum absolute atomic E-state index is 0.0745. The van der Waals surface area contributed by atoms with Gasteiger partial charge in [-0.1, -0.05) is 31.5 Å². The largest absolute Gasteiger partial charge is 0.369 e. The number of hydrogen-bond donors (Lipinski definition) is 1. The molecule has 2 saturated heterocycles. The molecule has 0 aliphatic carbocycles. The van der Waals surface area contributed by atoms with Crippen LogP contribution in [0.3, 0.4) is 0 Å². The highest BCUT2D eigenvalue weighted by Crippen LogP contribution is 2.27. The van der Waals surface area contributed by atoms with Gasteiger partial charge in [0.2, 0.25) is 15.9 Å². The molecule has 0 radical (unpaired) electrons. The highest BCUT2D eigenvalue weighted by Gasteiger charge is 2.32. The van der Waals surface area contributed by atoms with Crippen LogP contribution in [0.15, 0.2) is 59.5 Å². The minimum Gasteiger partial charge on any atom is -0.369 e. The molecule has 178 valence electrons.